The highest BCUT2D eigenvalue weighted by molar-refractivity contribution is 7.89. The number of aliphatic hydroxyl groups excluding tert-OH is 1. The van der Waals surface area contributed by atoms with Gasteiger partial charge in [0.25, 0.3) is 0 Å². The number of sulfonamides is 1. The lowest BCUT2D eigenvalue weighted by atomic mass is 10.0. The Morgan fingerprint density at radius 1 is 1.12 bits per heavy atom. The van der Waals surface area contributed by atoms with Crippen molar-refractivity contribution in [3.8, 4) is 11.5 Å². The summed E-state index contributed by atoms with van der Waals surface area (Å²) in [6, 6.07) is 20.8. The number of carbonyl (C=O) groups excluding carboxylic acids is 1. The van der Waals surface area contributed by atoms with E-state index in [0.29, 0.717) is 11.4 Å². The molecule has 1 aliphatic heterocycles. The molecule has 218 valence electrons. The Morgan fingerprint density at radius 3 is 2.56 bits per heavy atom. The zero-order chi connectivity index (χ0) is 29.6. The van der Waals surface area contributed by atoms with Crippen LogP contribution in [0.5, 0.6) is 11.5 Å². The van der Waals surface area contributed by atoms with Crippen molar-refractivity contribution in [3.63, 3.8) is 0 Å². The number of benzene rings is 3. The number of aliphatic hydroxyl groups is 1. The van der Waals surface area contributed by atoms with Gasteiger partial charge >= 0.3 is 6.03 Å². The molecule has 3 aromatic rings. The number of carbonyl (C=O) groups is 1. The Balaban J connectivity index is 1.64. The smallest absolute Gasteiger partial charge is 0.321 e. The van der Waals surface area contributed by atoms with Crippen molar-refractivity contribution in [2.24, 2.45) is 5.92 Å². The highest BCUT2D eigenvalue weighted by Crippen LogP contribution is 2.34. The van der Waals surface area contributed by atoms with Gasteiger partial charge in [0.15, 0.2) is 0 Å². The average molecular weight is 580 g/mol. The first kappa shape index (κ1) is 30.1. The van der Waals surface area contributed by atoms with Crippen LogP contribution >= 0.6 is 0 Å². The SMILES string of the molecule is COc1cccc(NC(=O)N(C)C[C@H]2Oc3cc(/C=C/c4ccccc4)ccc3S(=O)(=O)N([C@H](C)CO)C[C@@H]2C)c1. The molecular formula is C31H37N3O6S. The molecule has 10 heteroatoms. The molecule has 0 aromatic heterocycles. The Morgan fingerprint density at radius 2 is 1.85 bits per heavy atom. The van der Waals surface area contributed by atoms with E-state index >= 15 is 0 Å². The highest BCUT2D eigenvalue weighted by atomic mass is 32.2. The topological polar surface area (TPSA) is 108 Å². The Hall–Kier alpha value is -3.86. The summed E-state index contributed by atoms with van der Waals surface area (Å²) in [6.45, 7) is 3.55. The molecule has 41 heavy (non-hydrogen) atoms. The molecule has 0 aliphatic carbocycles. The number of fused-ring (bicyclic) bond motifs is 1. The summed E-state index contributed by atoms with van der Waals surface area (Å²) in [4.78, 5) is 14.6. The van der Waals surface area contributed by atoms with Crippen LogP contribution in [-0.4, -0.2) is 74.8 Å². The summed E-state index contributed by atoms with van der Waals surface area (Å²) < 4.78 is 40.4. The van der Waals surface area contributed by atoms with Crippen LogP contribution < -0.4 is 14.8 Å². The van der Waals surface area contributed by atoms with Gasteiger partial charge in [0.2, 0.25) is 10.0 Å². The van der Waals surface area contributed by atoms with Gasteiger partial charge in [0, 0.05) is 37.3 Å². The standard InChI is InChI=1S/C31H37N3O6S/c1-22-19-34(23(2)21-35)41(37,38)30-16-15-25(14-13-24-9-6-5-7-10-24)17-28(30)40-29(22)20-33(3)31(36)32-26-11-8-12-27(18-26)39-4/h5-18,22-23,29,35H,19-21H2,1-4H3,(H,32,36)/b14-13+/t22-,23+,29+/m0/s1. The minimum atomic E-state index is -3.97. The molecule has 3 atom stereocenters. The number of ether oxygens (including phenoxy) is 2. The normalized spacial score (nSPS) is 19.3. The summed E-state index contributed by atoms with van der Waals surface area (Å²) in [6.07, 6.45) is 3.30. The summed E-state index contributed by atoms with van der Waals surface area (Å²) in [5, 5.41) is 12.7. The maximum atomic E-state index is 13.7. The molecule has 0 spiro atoms. The molecule has 0 bridgehead atoms. The van der Waals surface area contributed by atoms with Crippen molar-refractivity contribution in [2.75, 3.05) is 39.2 Å². The maximum absolute atomic E-state index is 13.7. The van der Waals surface area contributed by atoms with Crippen molar-refractivity contribution in [3.05, 3.63) is 83.9 Å². The van der Waals surface area contributed by atoms with E-state index in [2.05, 4.69) is 5.32 Å². The van der Waals surface area contributed by atoms with Gasteiger partial charge in [-0.1, -0.05) is 61.5 Å². The fourth-order valence-corrected chi connectivity index (χ4v) is 6.42. The second kappa shape index (κ2) is 13.2. The van der Waals surface area contributed by atoms with Gasteiger partial charge in [-0.2, -0.15) is 4.31 Å². The third-order valence-corrected chi connectivity index (χ3v) is 9.10. The van der Waals surface area contributed by atoms with Gasteiger partial charge in [-0.3, -0.25) is 0 Å². The number of hydrogen-bond donors (Lipinski definition) is 2. The molecule has 0 radical (unpaired) electrons. The van der Waals surface area contributed by atoms with E-state index in [1.807, 2.05) is 49.4 Å². The Bertz CT molecular complexity index is 1480. The molecule has 0 saturated heterocycles. The van der Waals surface area contributed by atoms with Crippen LogP contribution in [-0.2, 0) is 10.0 Å². The van der Waals surface area contributed by atoms with Crippen molar-refractivity contribution >= 4 is 33.9 Å². The van der Waals surface area contributed by atoms with Gasteiger partial charge in [-0.05, 0) is 42.3 Å². The van der Waals surface area contributed by atoms with E-state index in [-0.39, 0.29) is 42.3 Å². The van der Waals surface area contributed by atoms with Gasteiger partial charge in [0.1, 0.15) is 22.5 Å². The van der Waals surface area contributed by atoms with Crippen LogP contribution in [0.2, 0.25) is 0 Å². The molecule has 1 heterocycles. The van der Waals surface area contributed by atoms with Crippen LogP contribution in [0.15, 0.2) is 77.7 Å². The minimum Gasteiger partial charge on any atom is -0.497 e. The molecule has 0 unspecified atom stereocenters. The molecular weight excluding hydrogens is 542 g/mol. The van der Waals surface area contributed by atoms with Gasteiger partial charge in [-0.25, -0.2) is 13.2 Å². The van der Waals surface area contributed by atoms with E-state index in [1.165, 1.54) is 9.21 Å². The van der Waals surface area contributed by atoms with Crippen molar-refractivity contribution < 1.29 is 27.8 Å². The van der Waals surface area contributed by atoms with E-state index in [4.69, 9.17) is 9.47 Å². The summed E-state index contributed by atoms with van der Waals surface area (Å²) in [5.74, 6) is 0.520. The lowest BCUT2D eigenvalue weighted by Gasteiger charge is -2.37. The fourth-order valence-electron chi connectivity index (χ4n) is 4.59. The molecule has 2 N–H and O–H groups in total. The first-order valence-corrected chi connectivity index (χ1v) is 14.9. The number of hydrogen-bond acceptors (Lipinski definition) is 6. The van der Waals surface area contributed by atoms with E-state index < -0.39 is 22.2 Å². The van der Waals surface area contributed by atoms with E-state index in [1.54, 1.807) is 63.5 Å². The Kier molecular flexibility index (Phi) is 9.69. The van der Waals surface area contributed by atoms with Crippen molar-refractivity contribution in [1.82, 2.24) is 9.21 Å². The first-order chi connectivity index (χ1) is 19.6. The number of urea groups is 1. The summed E-state index contributed by atoms with van der Waals surface area (Å²) >= 11 is 0. The fraction of sp³-hybridized carbons (Fsp3) is 0.323. The van der Waals surface area contributed by atoms with Gasteiger partial charge < -0.3 is 24.8 Å². The second-order valence-corrected chi connectivity index (χ2v) is 12.1. The lowest BCUT2D eigenvalue weighted by Crippen LogP contribution is -2.50. The molecule has 0 saturated carbocycles. The second-order valence-electron chi connectivity index (χ2n) is 10.2. The molecule has 3 aromatic carbocycles. The summed E-state index contributed by atoms with van der Waals surface area (Å²) in [5.41, 5.74) is 2.36. The maximum Gasteiger partial charge on any atom is 0.321 e. The summed E-state index contributed by atoms with van der Waals surface area (Å²) in [7, 11) is -0.747. The quantitative estimate of drug-likeness (QED) is 0.371. The van der Waals surface area contributed by atoms with Crippen LogP contribution in [0.1, 0.15) is 25.0 Å². The molecule has 9 nitrogen and oxygen atoms in total. The first-order valence-electron chi connectivity index (χ1n) is 13.4. The zero-order valence-corrected chi connectivity index (χ0v) is 24.5. The number of likely N-dealkylation sites (N-methyl/N-ethyl adjacent to an activating group) is 1. The largest absolute Gasteiger partial charge is 0.497 e. The highest BCUT2D eigenvalue weighted by Gasteiger charge is 2.38. The monoisotopic (exact) mass is 579 g/mol. The predicted molar refractivity (Wildman–Crippen MR) is 160 cm³/mol. The third-order valence-electron chi connectivity index (χ3n) is 7.08. The minimum absolute atomic E-state index is 0.0232. The number of rotatable bonds is 8. The predicted octanol–water partition coefficient (Wildman–Crippen LogP) is 4.80. The molecule has 4 rings (SSSR count). The van der Waals surface area contributed by atoms with Crippen LogP contribution in [0.25, 0.3) is 12.2 Å². The van der Waals surface area contributed by atoms with Crippen molar-refractivity contribution in [1.29, 1.82) is 0 Å². The molecule has 0 fully saturated rings. The van der Waals surface area contributed by atoms with E-state index in [0.717, 1.165) is 11.1 Å². The number of amides is 2. The average Bonchev–Trinajstić information content (AvgIpc) is 2.97. The lowest BCUT2D eigenvalue weighted by molar-refractivity contribution is 0.0830. The van der Waals surface area contributed by atoms with Crippen molar-refractivity contribution in [2.45, 2.75) is 30.9 Å². The molecule has 1 aliphatic rings. The van der Waals surface area contributed by atoms with Crippen LogP contribution in [0.4, 0.5) is 10.5 Å². The van der Waals surface area contributed by atoms with Gasteiger partial charge in [-0.15, -0.1) is 0 Å². The number of nitrogens with zero attached hydrogens (tertiary/aromatic N) is 2. The van der Waals surface area contributed by atoms with Crippen LogP contribution in [0.3, 0.4) is 0 Å². The number of anilines is 1. The molecule has 2 amide bonds. The van der Waals surface area contributed by atoms with Crippen LogP contribution in [0, 0.1) is 5.92 Å². The number of methoxy groups -OCH3 is 1. The van der Waals surface area contributed by atoms with E-state index in [9.17, 15) is 18.3 Å². The van der Waals surface area contributed by atoms with Gasteiger partial charge in [0.05, 0.1) is 20.3 Å². The third kappa shape index (κ3) is 7.27. The number of nitrogens with one attached hydrogen (secondary N) is 1. The Labute approximate surface area is 242 Å². The zero-order valence-electron chi connectivity index (χ0n) is 23.7.